The van der Waals surface area contributed by atoms with Gasteiger partial charge in [0.05, 0.1) is 12.0 Å². The maximum atomic E-state index is 13.0. The van der Waals surface area contributed by atoms with Crippen molar-refractivity contribution in [2.24, 2.45) is 11.8 Å². The predicted octanol–water partition coefficient (Wildman–Crippen LogP) is 4.55. The molecular weight excluding hydrogens is 350 g/mol. The van der Waals surface area contributed by atoms with E-state index in [0.29, 0.717) is 15.3 Å². The molecule has 1 saturated heterocycles. The Morgan fingerprint density at radius 1 is 1.35 bits per heavy atom. The first kappa shape index (κ1) is 18.7. The second kappa shape index (κ2) is 7.97. The van der Waals surface area contributed by atoms with Crippen molar-refractivity contribution in [3.8, 4) is 0 Å². The SMILES string of the molecule is CO[C@@H](c1ccc(Cl)cc1)[C@@H](C)C(=O)N1C(=S)SC[C@@H]1C(C)C. The molecule has 0 aromatic heterocycles. The molecule has 23 heavy (non-hydrogen) atoms. The van der Waals surface area contributed by atoms with E-state index in [9.17, 15) is 4.79 Å². The molecule has 0 saturated carbocycles. The fourth-order valence-corrected chi connectivity index (χ4v) is 4.58. The van der Waals surface area contributed by atoms with Crippen LogP contribution in [0.5, 0.6) is 0 Å². The van der Waals surface area contributed by atoms with E-state index in [1.54, 1.807) is 23.8 Å². The van der Waals surface area contributed by atoms with Gasteiger partial charge in [0.2, 0.25) is 5.91 Å². The molecule has 0 radical (unpaired) electrons. The number of carbonyl (C=O) groups excluding carboxylic acids is 1. The number of methoxy groups -OCH3 is 1. The summed E-state index contributed by atoms with van der Waals surface area (Å²) in [5, 5.41) is 0.666. The number of thiocarbonyl (C=S) groups is 1. The largest absolute Gasteiger partial charge is 0.376 e. The molecule has 1 amide bonds. The molecule has 1 fully saturated rings. The molecule has 0 N–H and O–H groups in total. The third kappa shape index (κ3) is 4.08. The van der Waals surface area contributed by atoms with Crippen molar-refractivity contribution in [1.82, 2.24) is 4.90 Å². The lowest BCUT2D eigenvalue weighted by atomic mass is 9.94. The van der Waals surface area contributed by atoms with E-state index in [1.807, 2.05) is 31.2 Å². The maximum Gasteiger partial charge on any atom is 0.234 e. The zero-order valence-corrected chi connectivity index (χ0v) is 16.2. The van der Waals surface area contributed by atoms with Gasteiger partial charge in [-0.2, -0.15) is 0 Å². The third-order valence-corrected chi connectivity index (χ3v) is 5.96. The number of hydrogen-bond donors (Lipinski definition) is 0. The van der Waals surface area contributed by atoms with Crippen LogP contribution in [0.15, 0.2) is 24.3 Å². The average molecular weight is 372 g/mol. The van der Waals surface area contributed by atoms with Crippen LogP contribution in [0.3, 0.4) is 0 Å². The number of nitrogens with zero attached hydrogens (tertiary/aromatic N) is 1. The van der Waals surface area contributed by atoms with Crippen LogP contribution in [-0.4, -0.2) is 34.0 Å². The Labute approximate surface area is 152 Å². The number of hydrogen-bond acceptors (Lipinski definition) is 4. The summed E-state index contributed by atoms with van der Waals surface area (Å²) in [5.41, 5.74) is 0.941. The highest BCUT2D eigenvalue weighted by Crippen LogP contribution is 2.34. The van der Waals surface area contributed by atoms with Crippen molar-refractivity contribution in [2.45, 2.75) is 32.9 Å². The van der Waals surface area contributed by atoms with Crippen molar-refractivity contribution in [3.05, 3.63) is 34.9 Å². The Kier molecular flexibility index (Phi) is 6.48. The van der Waals surface area contributed by atoms with E-state index in [2.05, 4.69) is 13.8 Å². The molecule has 1 aromatic rings. The quantitative estimate of drug-likeness (QED) is 0.710. The fraction of sp³-hybridized carbons (Fsp3) is 0.529. The summed E-state index contributed by atoms with van der Waals surface area (Å²) in [6, 6.07) is 7.58. The van der Waals surface area contributed by atoms with E-state index in [-0.39, 0.29) is 24.0 Å². The van der Waals surface area contributed by atoms with Crippen LogP contribution in [-0.2, 0) is 9.53 Å². The van der Waals surface area contributed by atoms with Crippen molar-refractivity contribution in [3.63, 3.8) is 0 Å². The highest BCUT2D eigenvalue weighted by atomic mass is 35.5. The highest BCUT2D eigenvalue weighted by Gasteiger charge is 2.39. The molecule has 1 heterocycles. The van der Waals surface area contributed by atoms with E-state index in [0.717, 1.165) is 11.3 Å². The van der Waals surface area contributed by atoms with Crippen molar-refractivity contribution < 1.29 is 9.53 Å². The van der Waals surface area contributed by atoms with Crippen LogP contribution in [0.25, 0.3) is 0 Å². The van der Waals surface area contributed by atoms with Gasteiger partial charge < -0.3 is 4.74 Å². The lowest BCUT2D eigenvalue weighted by Gasteiger charge is -2.31. The zero-order valence-electron chi connectivity index (χ0n) is 13.8. The molecule has 6 heteroatoms. The molecule has 1 aliphatic heterocycles. The molecule has 0 spiro atoms. The summed E-state index contributed by atoms with van der Waals surface area (Å²) in [7, 11) is 1.63. The fourth-order valence-electron chi connectivity index (χ4n) is 2.81. The van der Waals surface area contributed by atoms with Crippen LogP contribution < -0.4 is 0 Å². The van der Waals surface area contributed by atoms with E-state index < -0.39 is 0 Å². The van der Waals surface area contributed by atoms with E-state index >= 15 is 0 Å². The lowest BCUT2D eigenvalue weighted by Crippen LogP contribution is -2.45. The minimum absolute atomic E-state index is 0.0282. The lowest BCUT2D eigenvalue weighted by molar-refractivity contribution is -0.137. The molecule has 1 aliphatic rings. The van der Waals surface area contributed by atoms with Gasteiger partial charge in [-0.05, 0) is 23.6 Å². The molecule has 2 rings (SSSR count). The molecule has 0 unspecified atom stereocenters. The Hall–Kier alpha value is -0.620. The number of rotatable bonds is 5. The van der Waals surface area contributed by atoms with Gasteiger partial charge in [0.25, 0.3) is 0 Å². The number of benzene rings is 1. The smallest absolute Gasteiger partial charge is 0.234 e. The van der Waals surface area contributed by atoms with Crippen LogP contribution >= 0.6 is 35.6 Å². The predicted molar refractivity (Wildman–Crippen MR) is 101 cm³/mol. The number of amides is 1. The van der Waals surface area contributed by atoms with Crippen molar-refractivity contribution in [1.29, 1.82) is 0 Å². The Morgan fingerprint density at radius 2 is 1.96 bits per heavy atom. The van der Waals surface area contributed by atoms with Crippen LogP contribution in [0, 0.1) is 11.8 Å². The number of halogens is 1. The number of thioether (sulfide) groups is 1. The van der Waals surface area contributed by atoms with Crippen LogP contribution in [0.4, 0.5) is 0 Å². The van der Waals surface area contributed by atoms with E-state index in [1.165, 1.54) is 0 Å². The van der Waals surface area contributed by atoms with Crippen LogP contribution in [0.2, 0.25) is 5.02 Å². The zero-order chi connectivity index (χ0) is 17.1. The Morgan fingerprint density at radius 3 is 2.48 bits per heavy atom. The first-order chi connectivity index (χ1) is 10.9. The summed E-state index contributed by atoms with van der Waals surface area (Å²) >= 11 is 12.9. The minimum Gasteiger partial charge on any atom is -0.376 e. The van der Waals surface area contributed by atoms with Gasteiger partial charge >= 0.3 is 0 Å². The van der Waals surface area contributed by atoms with Gasteiger partial charge in [-0.15, -0.1) is 0 Å². The van der Waals surface area contributed by atoms with Crippen molar-refractivity contribution in [2.75, 3.05) is 12.9 Å². The summed E-state index contributed by atoms with van der Waals surface area (Å²) in [5.74, 6) is 0.947. The molecule has 0 aliphatic carbocycles. The normalized spacial score (nSPS) is 20.9. The second-order valence-electron chi connectivity index (χ2n) is 6.09. The standard InChI is InChI=1S/C17H22ClNO2S2/c1-10(2)14-9-23-17(22)19(14)16(20)11(3)15(21-4)12-5-7-13(18)8-6-12/h5-8,10-11,14-15H,9H2,1-4H3/t11-,14-,15-/m1/s1. The summed E-state index contributed by atoms with van der Waals surface area (Å²) in [6.45, 7) is 6.14. The van der Waals surface area contributed by atoms with Gasteiger partial charge in [0, 0.05) is 23.9 Å². The minimum atomic E-state index is -0.320. The van der Waals surface area contributed by atoms with Gasteiger partial charge in [0.1, 0.15) is 4.32 Å². The second-order valence-corrected chi connectivity index (χ2v) is 8.18. The molecule has 126 valence electrons. The van der Waals surface area contributed by atoms with Gasteiger partial charge in [-0.3, -0.25) is 9.69 Å². The highest BCUT2D eigenvalue weighted by molar-refractivity contribution is 8.23. The molecule has 3 nitrogen and oxygen atoms in total. The van der Waals surface area contributed by atoms with E-state index in [4.69, 9.17) is 28.6 Å². The van der Waals surface area contributed by atoms with Crippen molar-refractivity contribution >= 4 is 45.8 Å². The summed E-state index contributed by atoms with van der Waals surface area (Å²) in [6.07, 6.45) is -0.319. The Balaban J connectivity index is 2.22. The summed E-state index contributed by atoms with van der Waals surface area (Å²) < 4.78 is 6.28. The van der Waals surface area contributed by atoms with Gasteiger partial charge in [-0.1, -0.05) is 68.5 Å². The number of ether oxygens (including phenoxy) is 1. The summed E-state index contributed by atoms with van der Waals surface area (Å²) in [4.78, 5) is 14.8. The van der Waals surface area contributed by atoms with Gasteiger partial charge in [0.15, 0.2) is 0 Å². The van der Waals surface area contributed by atoms with Crippen LogP contribution in [0.1, 0.15) is 32.4 Å². The first-order valence-electron chi connectivity index (χ1n) is 7.65. The number of carbonyl (C=O) groups is 1. The molecular formula is C17H22ClNO2S2. The molecule has 1 aromatic carbocycles. The topological polar surface area (TPSA) is 29.5 Å². The Bertz CT molecular complexity index is 576. The average Bonchev–Trinajstić information content (AvgIpc) is 2.91. The molecule has 0 bridgehead atoms. The third-order valence-electron chi connectivity index (χ3n) is 4.21. The molecule has 3 atom stereocenters. The maximum absolute atomic E-state index is 13.0. The first-order valence-corrected chi connectivity index (χ1v) is 9.42. The van der Waals surface area contributed by atoms with Gasteiger partial charge in [-0.25, -0.2) is 0 Å². The monoisotopic (exact) mass is 371 g/mol.